The SMILES string of the molecule is C=CC(=O)OCCOCCOCC(COCCOCCOC(=O)C=C)(COCCOCCOC(=O)C=C)COCC(COCCOCCOC(=O)C=C)(COCCOCCOC(=O)C=C)COCCOCCOC(=O)C=C.CCC(C)(C)C(=O)O.CCC(C)(C)C(=O)OCc1ccccc1. The molecule has 0 aliphatic rings. The lowest BCUT2D eigenvalue weighted by Gasteiger charge is -2.37. The normalized spacial score (nSPS) is 11.2. The van der Waals surface area contributed by atoms with Crippen LogP contribution >= 0.6 is 0 Å². The largest absolute Gasteiger partial charge is 0.481 e. The van der Waals surface area contributed by atoms with Crippen molar-refractivity contribution in [2.45, 2.75) is 61.0 Å². The highest BCUT2D eigenvalue weighted by molar-refractivity contribution is 5.83. The van der Waals surface area contributed by atoms with Crippen LogP contribution in [0.2, 0.25) is 0 Å². The van der Waals surface area contributed by atoms with Crippen LogP contribution in [0.5, 0.6) is 0 Å². The Hall–Kier alpha value is -7.10. The van der Waals surface area contributed by atoms with E-state index >= 15 is 0 Å². The van der Waals surface area contributed by atoms with Gasteiger partial charge in [0.1, 0.15) is 46.2 Å². The topological polar surface area (TPSA) is 341 Å². The van der Waals surface area contributed by atoms with Gasteiger partial charge in [-0.2, -0.15) is 0 Å². The first-order chi connectivity index (χ1) is 48.0. The Morgan fingerprint density at radius 1 is 0.310 bits per heavy atom. The summed E-state index contributed by atoms with van der Waals surface area (Å²) in [6, 6.07) is 9.72. The van der Waals surface area contributed by atoms with Gasteiger partial charge in [-0.3, -0.25) is 9.59 Å². The summed E-state index contributed by atoms with van der Waals surface area (Å²) in [5.74, 6) is -4.32. The number of carboxylic acids is 1. The monoisotopic (exact) mass is 1430 g/mol. The fraction of sp³-hybridized carbons (Fsp3) is 0.634. The van der Waals surface area contributed by atoms with Crippen LogP contribution in [0.4, 0.5) is 0 Å². The molecule has 29 heteroatoms. The van der Waals surface area contributed by atoms with E-state index in [4.69, 9.17) is 99.8 Å². The zero-order valence-electron chi connectivity index (χ0n) is 59.7. The number of aliphatic carboxylic acids is 1. The van der Waals surface area contributed by atoms with E-state index < -0.39 is 58.0 Å². The second-order valence-corrected chi connectivity index (χ2v) is 22.6. The summed E-state index contributed by atoms with van der Waals surface area (Å²) in [7, 11) is 0. The van der Waals surface area contributed by atoms with Crippen molar-refractivity contribution < 1.29 is 138 Å². The Labute approximate surface area is 589 Å². The van der Waals surface area contributed by atoms with Crippen LogP contribution in [0.3, 0.4) is 0 Å². The van der Waals surface area contributed by atoms with Crippen molar-refractivity contribution in [2.75, 3.05) is 211 Å². The molecule has 1 aromatic carbocycles. The first-order valence-electron chi connectivity index (χ1n) is 32.7. The Morgan fingerprint density at radius 2 is 0.520 bits per heavy atom. The molecule has 0 aliphatic heterocycles. The zero-order valence-corrected chi connectivity index (χ0v) is 59.7. The van der Waals surface area contributed by atoms with Crippen LogP contribution in [-0.4, -0.2) is 264 Å². The minimum atomic E-state index is -1.01. The quantitative estimate of drug-likeness (QED) is 0.0327. The molecule has 0 bridgehead atoms. The Balaban J connectivity index is 0. The molecule has 0 amide bonds. The second kappa shape index (κ2) is 62.9. The fourth-order valence-corrected chi connectivity index (χ4v) is 6.81. The average molecular weight is 1430 g/mol. The number of hydrogen-bond acceptors (Lipinski definition) is 28. The van der Waals surface area contributed by atoms with Gasteiger partial charge in [0.05, 0.1) is 193 Å². The summed E-state index contributed by atoms with van der Waals surface area (Å²) in [6.07, 6.45) is 7.78. The van der Waals surface area contributed by atoms with E-state index in [1.165, 1.54) is 0 Å². The molecule has 0 aromatic heterocycles. The van der Waals surface area contributed by atoms with Gasteiger partial charge in [-0.25, -0.2) is 28.8 Å². The van der Waals surface area contributed by atoms with Gasteiger partial charge in [0.2, 0.25) is 0 Å². The molecule has 0 fully saturated rings. The van der Waals surface area contributed by atoms with Crippen LogP contribution < -0.4 is 0 Å². The maximum atomic E-state index is 11.6. The minimum Gasteiger partial charge on any atom is -0.481 e. The molecular formula is C71H112O29. The van der Waals surface area contributed by atoms with Crippen LogP contribution in [-0.2, 0) is 140 Å². The number of rotatable bonds is 64. The van der Waals surface area contributed by atoms with Gasteiger partial charge in [-0.1, -0.05) is 83.7 Å². The molecule has 0 aliphatic carbocycles. The molecule has 0 saturated heterocycles. The van der Waals surface area contributed by atoms with Crippen molar-refractivity contribution in [2.24, 2.45) is 21.7 Å². The van der Waals surface area contributed by atoms with Crippen molar-refractivity contribution >= 4 is 47.8 Å². The third-order valence-corrected chi connectivity index (χ3v) is 13.4. The van der Waals surface area contributed by atoms with E-state index in [2.05, 4.69) is 39.5 Å². The second-order valence-electron chi connectivity index (χ2n) is 22.6. The van der Waals surface area contributed by atoms with Crippen molar-refractivity contribution in [3.63, 3.8) is 0 Å². The van der Waals surface area contributed by atoms with Gasteiger partial charge in [0, 0.05) is 36.5 Å². The number of esters is 7. The number of ether oxygens (including phenoxy) is 20. The first kappa shape index (κ1) is 95.0. The van der Waals surface area contributed by atoms with E-state index in [0.717, 1.165) is 48.4 Å². The van der Waals surface area contributed by atoms with Crippen LogP contribution in [0.1, 0.15) is 59.9 Å². The molecule has 570 valence electrons. The summed E-state index contributed by atoms with van der Waals surface area (Å²) in [4.78, 5) is 90.5. The Kier molecular flexibility index (Phi) is 59.7. The molecular weight excluding hydrogens is 1320 g/mol. The number of benzene rings is 1. The lowest BCUT2D eigenvalue weighted by molar-refractivity contribution is -0.155. The minimum absolute atomic E-state index is 0.0153. The summed E-state index contributed by atoms with van der Waals surface area (Å²) in [5, 5.41) is 8.44. The highest BCUT2D eigenvalue weighted by atomic mass is 16.6. The maximum absolute atomic E-state index is 11.6. The lowest BCUT2D eigenvalue weighted by Crippen LogP contribution is -2.46. The molecule has 1 N–H and O–H groups in total. The zero-order chi connectivity index (χ0) is 74.9. The molecule has 0 radical (unpaired) electrons. The first-order valence-corrected chi connectivity index (χ1v) is 32.7. The fourth-order valence-electron chi connectivity index (χ4n) is 6.81. The lowest BCUT2D eigenvalue weighted by atomic mass is 9.90. The molecule has 1 rings (SSSR count). The van der Waals surface area contributed by atoms with Gasteiger partial charge < -0.3 is 99.8 Å². The molecule has 29 nitrogen and oxygen atoms in total. The summed E-state index contributed by atoms with van der Waals surface area (Å²) in [6.45, 7) is 34.1. The Bertz CT molecular complexity index is 2120. The van der Waals surface area contributed by atoms with Crippen LogP contribution in [0, 0.1) is 21.7 Å². The molecule has 1 aromatic rings. The van der Waals surface area contributed by atoms with Gasteiger partial charge in [0.15, 0.2) is 0 Å². The van der Waals surface area contributed by atoms with Crippen molar-refractivity contribution in [1.82, 2.24) is 0 Å². The molecule has 100 heavy (non-hydrogen) atoms. The molecule has 0 atom stereocenters. The van der Waals surface area contributed by atoms with E-state index in [0.29, 0.717) is 13.0 Å². The third-order valence-electron chi connectivity index (χ3n) is 13.4. The predicted molar refractivity (Wildman–Crippen MR) is 364 cm³/mol. The van der Waals surface area contributed by atoms with Gasteiger partial charge in [0.25, 0.3) is 0 Å². The van der Waals surface area contributed by atoms with Gasteiger partial charge >= 0.3 is 47.8 Å². The summed E-state index contributed by atoms with van der Waals surface area (Å²) >= 11 is 0. The van der Waals surface area contributed by atoms with E-state index in [1.54, 1.807) is 13.8 Å². The van der Waals surface area contributed by atoms with Crippen molar-refractivity contribution in [3.05, 3.63) is 112 Å². The Morgan fingerprint density at radius 3 is 0.720 bits per heavy atom. The molecule has 0 saturated carbocycles. The highest BCUT2D eigenvalue weighted by Crippen LogP contribution is 2.26. The highest BCUT2D eigenvalue weighted by Gasteiger charge is 2.37. The number of carbonyl (C=O) groups excluding carboxylic acids is 7. The van der Waals surface area contributed by atoms with E-state index in [-0.39, 0.29) is 223 Å². The van der Waals surface area contributed by atoms with E-state index in [9.17, 15) is 38.4 Å². The van der Waals surface area contributed by atoms with Crippen LogP contribution in [0.25, 0.3) is 0 Å². The van der Waals surface area contributed by atoms with E-state index in [1.807, 2.05) is 58.0 Å². The molecule has 0 spiro atoms. The molecule has 0 heterocycles. The van der Waals surface area contributed by atoms with Crippen molar-refractivity contribution in [1.29, 1.82) is 0 Å². The van der Waals surface area contributed by atoms with Gasteiger partial charge in [-0.15, -0.1) is 0 Å². The third kappa shape index (κ3) is 54.7. The van der Waals surface area contributed by atoms with Gasteiger partial charge in [-0.05, 0) is 46.1 Å². The maximum Gasteiger partial charge on any atom is 0.330 e. The number of hydrogen-bond donors (Lipinski definition) is 1. The number of carboxylic acid groups (broad SMARTS) is 1. The summed E-state index contributed by atoms with van der Waals surface area (Å²) in [5.41, 5.74) is -1.92. The summed E-state index contributed by atoms with van der Waals surface area (Å²) < 4.78 is 112. The molecule has 0 unspecified atom stereocenters. The average Bonchev–Trinajstić information content (AvgIpc) is 0.864. The predicted octanol–water partition coefficient (Wildman–Crippen LogP) is 6.22. The van der Waals surface area contributed by atoms with Crippen molar-refractivity contribution in [3.8, 4) is 0 Å². The van der Waals surface area contributed by atoms with Crippen LogP contribution in [0.15, 0.2) is 106 Å². The standard InChI is InChI=1S/C52H82O25.C13H18O2.C6H12O2/c1-7-45(53)72-31-25-59-13-19-65-37-51(38-66-20-14-60-26-32-73-46(54)8-2,39-67-21-15-61-27-33-74-47(55)9-3)43-71-44-52(40-68-22-16-62-28-34-75-48(56)10-4,41-69-23-17-63-29-35-76-49(57)11-5)42-70-24-18-64-30-36-77-50(58)12-6;1-4-13(2,3)12(14)15-10-11-8-6-5-7-9-11;1-4-6(2,3)5(7)8/h7-12H,1-6,13-44H2;5-9H,4,10H2,1-3H3;4H2,1-3H3,(H,7,8). The smallest absolute Gasteiger partial charge is 0.330 e. The number of carbonyl (C=O) groups is 8.